The van der Waals surface area contributed by atoms with Crippen molar-refractivity contribution in [2.75, 3.05) is 57.4 Å². The summed E-state index contributed by atoms with van der Waals surface area (Å²) in [5, 5.41) is 7.93. The van der Waals surface area contributed by atoms with E-state index in [0.717, 1.165) is 56.5 Å². The molecule has 1 aliphatic rings. The Morgan fingerprint density at radius 3 is 2.40 bits per heavy atom. The molecular weight excluding hydrogens is 252 g/mol. The predicted octanol–water partition coefficient (Wildman–Crippen LogP) is 0.785. The highest BCUT2D eigenvalue weighted by Gasteiger charge is 2.16. The first kappa shape index (κ1) is 15.1. The molecule has 2 rings (SSSR count). The van der Waals surface area contributed by atoms with E-state index >= 15 is 0 Å². The Balaban J connectivity index is 1.85. The van der Waals surface area contributed by atoms with Gasteiger partial charge in [-0.1, -0.05) is 13.8 Å². The quantitative estimate of drug-likeness (QED) is 0.835. The van der Waals surface area contributed by atoms with Crippen LogP contribution in [0.5, 0.6) is 0 Å². The number of nitrogens with two attached hydrogens (primary N) is 1. The van der Waals surface area contributed by atoms with Crippen molar-refractivity contribution in [3.8, 4) is 0 Å². The van der Waals surface area contributed by atoms with Gasteiger partial charge in [-0.2, -0.15) is 5.10 Å². The van der Waals surface area contributed by atoms with E-state index < -0.39 is 0 Å². The lowest BCUT2D eigenvalue weighted by Crippen LogP contribution is -2.45. The van der Waals surface area contributed by atoms with Gasteiger partial charge >= 0.3 is 0 Å². The van der Waals surface area contributed by atoms with Crippen LogP contribution in [0.3, 0.4) is 0 Å². The molecule has 0 aromatic carbocycles. The maximum absolute atomic E-state index is 6.18. The zero-order valence-electron chi connectivity index (χ0n) is 13.2. The van der Waals surface area contributed by atoms with Gasteiger partial charge in [0.2, 0.25) is 0 Å². The fourth-order valence-electron chi connectivity index (χ4n) is 2.60. The summed E-state index contributed by atoms with van der Waals surface area (Å²) in [7, 11) is 4.12. The SMILES string of the molecule is CC(C)c1nn(C)c(NCCN2CCN(C)CC2)c1N. The highest BCUT2D eigenvalue weighted by atomic mass is 15.3. The van der Waals surface area contributed by atoms with Gasteiger partial charge in [0.25, 0.3) is 0 Å². The van der Waals surface area contributed by atoms with Crippen molar-refractivity contribution in [1.29, 1.82) is 0 Å². The fourth-order valence-corrected chi connectivity index (χ4v) is 2.60. The largest absolute Gasteiger partial charge is 0.394 e. The van der Waals surface area contributed by atoms with Crippen molar-refractivity contribution in [2.24, 2.45) is 7.05 Å². The molecule has 0 amide bonds. The molecule has 0 bridgehead atoms. The Labute approximate surface area is 121 Å². The average molecular weight is 280 g/mol. The topological polar surface area (TPSA) is 62.4 Å². The van der Waals surface area contributed by atoms with Crippen molar-refractivity contribution in [3.05, 3.63) is 5.69 Å². The second-order valence-electron chi connectivity index (χ2n) is 6.00. The summed E-state index contributed by atoms with van der Waals surface area (Å²) in [6, 6.07) is 0. The molecule has 0 aliphatic carbocycles. The van der Waals surface area contributed by atoms with Crippen molar-refractivity contribution in [2.45, 2.75) is 19.8 Å². The standard InChI is InChI=1S/C14H28N6/c1-11(2)13-12(15)14(19(4)17-13)16-5-6-20-9-7-18(3)8-10-20/h11,16H,5-10,15H2,1-4H3. The lowest BCUT2D eigenvalue weighted by atomic mass is 10.1. The maximum Gasteiger partial charge on any atom is 0.147 e. The van der Waals surface area contributed by atoms with E-state index in [1.807, 2.05) is 11.7 Å². The van der Waals surface area contributed by atoms with Crippen LogP contribution in [0.15, 0.2) is 0 Å². The first-order chi connectivity index (χ1) is 9.49. The monoisotopic (exact) mass is 280 g/mol. The van der Waals surface area contributed by atoms with E-state index in [0.29, 0.717) is 5.92 Å². The number of hydrogen-bond acceptors (Lipinski definition) is 5. The first-order valence-corrected chi connectivity index (χ1v) is 7.46. The average Bonchev–Trinajstić information content (AvgIpc) is 2.69. The third-order valence-electron chi connectivity index (χ3n) is 3.98. The first-order valence-electron chi connectivity index (χ1n) is 7.46. The van der Waals surface area contributed by atoms with Gasteiger partial charge in [-0.3, -0.25) is 9.58 Å². The molecule has 3 N–H and O–H groups in total. The minimum absolute atomic E-state index is 0.356. The number of nitrogens with one attached hydrogen (secondary N) is 1. The summed E-state index contributed by atoms with van der Waals surface area (Å²) in [4.78, 5) is 4.86. The molecule has 20 heavy (non-hydrogen) atoms. The normalized spacial score (nSPS) is 17.9. The fraction of sp³-hybridized carbons (Fsp3) is 0.786. The van der Waals surface area contributed by atoms with E-state index in [-0.39, 0.29) is 0 Å². The maximum atomic E-state index is 6.18. The van der Waals surface area contributed by atoms with Crippen molar-refractivity contribution >= 4 is 11.5 Å². The zero-order valence-corrected chi connectivity index (χ0v) is 13.2. The Morgan fingerprint density at radius 1 is 1.20 bits per heavy atom. The lowest BCUT2D eigenvalue weighted by molar-refractivity contribution is 0.158. The number of likely N-dealkylation sites (N-methyl/N-ethyl adjacent to an activating group) is 1. The molecule has 6 heteroatoms. The number of hydrogen-bond donors (Lipinski definition) is 2. The molecule has 2 heterocycles. The zero-order chi connectivity index (χ0) is 14.7. The summed E-state index contributed by atoms with van der Waals surface area (Å²) >= 11 is 0. The molecule has 1 aromatic rings. The molecule has 0 saturated carbocycles. The summed E-state index contributed by atoms with van der Waals surface area (Å²) in [6.45, 7) is 10.8. The minimum Gasteiger partial charge on any atom is -0.394 e. The molecule has 1 aliphatic heterocycles. The molecule has 1 saturated heterocycles. The number of anilines is 2. The molecule has 0 spiro atoms. The van der Waals surface area contributed by atoms with Crippen LogP contribution >= 0.6 is 0 Å². The van der Waals surface area contributed by atoms with Gasteiger partial charge in [-0.25, -0.2) is 0 Å². The second kappa shape index (κ2) is 6.45. The molecule has 0 radical (unpaired) electrons. The molecule has 114 valence electrons. The van der Waals surface area contributed by atoms with Crippen LogP contribution in [-0.4, -0.2) is 65.9 Å². The van der Waals surface area contributed by atoms with Crippen LogP contribution < -0.4 is 11.1 Å². The van der Waals surface area contributed by atoms with E-state index in [9.17, 15) is 0 Å². The molecule has 6 nitrogen and oxygen atoms in total. The lowest BCUT2D eigenvalue weighted by Gasteiger charge is -2.32. The van der Waals surface area contributed by atoms with Gasteiger partial charge in [0.15, 0.2) is 0 Å². The molecule has 0 atom stereocenters. The number of piperazine rings is 1. The second-order valence-corrected chi connectivity index (χ2v) is 6.00. The molecule has 1 fully saturated rings. The van der Waals surface area contributed by atoms with E-state index in [4.69, 9.17) is 5.73 Å². The Morgan fingerprint density at radius 2 is 1.85 bits per heavy atom. The Bertz CT molecular complexity index is 431. The third-order valence-corrected chi connectivity index (χ3v) is 3.98. The van der Waals surface area contributed by atoms with Crippen LogP contribution in [0.1, 0.15) is 25.5 Å². The molecular formula is C14H28N6. The third kappa shape index (κ3) is 3.43. The van der Waals surface area contributed by atoms with Crippen LogP contribution in [0.4, 0.5) is 11.5 Å². The minimum atomic E-state index is 0.356. The van der Waals surface area contributed by atoms with Crippen LogP contribution in [0.2, 0.25) is 0 Å². The molecule has 0 unspecified atom stereocenters. The summed E-state index contributed by atoms with van der Waals surface area (Å²) in [6.07, 6.45) is 0. The van der Waals surface area contributed by atoms with E-state index in [1.54, 1.807) is 0 Å². The smallest absolute Gasteiger partial charge is 0.147 e. The summed E-state index contributed by atoms with van der Waals surface area (Å²) in [5.74, 6) is 1.30. The Hall–Kier alpha value is -1.27. The Kier molecular flexibility index (Phi) is 4.88. The van der Waals surface area contributed by atoms with Gasteiger partial charge in [-0.15, -0.1) is 0 Å². The summed E-state index contributed by atoms with van der Waals surface area (Å²) in [5.41, 5.74) is 7.95. The van der Waals surface area contributed by atoms with Crippen molar-refractivity contribution in [1.82, 2.24) is 19.6 Å². The molecule has 1 aromatic heterocycles. The van der Waals surface area contributed by atoms with Crippen LogP contribution in [0, 0.1) is 0 Å². The number of aryl methyl sites for hydroxylation is 1. The van der Waals surface area contributed by atoms with Gasteiger partial charge in [0.05, 0.1) is 11.4 Å². The number of nitrogens with zero attached hydrogens (tertiary/aromatic N) is 4. The number of nitrogen functional groups attached to an aromatic ring is 1. The van der Waals surface area contributed by atoms with Gasteiger partial charge < -0.3 is 16.0 Å². The van der Waals surface area contributed by atoms with Gasteiger partial charge in [-0.05, 0) is 13.0 Å². The van der Waals surface area contributed by atoms with Crippen molar-refractivity contribution in [3.63, 3.8) is 0 Å². The van der Waals surface area contributed by atoms with E-state index in [1.165, 1.54) is 0 Å². The van der Waals surface area contributed by atoms with Gasteiger partial charge in [0, 0.05) is 46.3 Å². The van der Waals surface area contributed by atoms with E-state index in [2.05, 4.69) is 41.1 Å². The van der Waals surface area contributed by atoms with Crippen LogP contribution in [-0.2, 0) is 7.05 Å². The van der Waals surface area contributed by atoms with Gasteiger partial charge in [0.1, 0.15) is 5.82 Å². The highest BCUT2D eigenvalue weighted by molar-refractivity contribution is 5.65. The predicted molar refractivity (Wildman–Crippen MR) is 84.1 cm³/mol. The number of rotatable bonds is 5. The summed E-state index contributed by atoms with van der Waals surface area (Å²) < 4.78 is 1.86. The highest BCUT2D eigenvalue weighted by Crippen LogP contribution is 2.27. The van der Waals surface area contributed by atoms with Crippen molar-refractivity contribution < 1.29 is 0 Å². The number of aromatic nitrogens is 2. The van der Waals surface area contributed by atoms with Crippen LogP contribution in [0.25, 0.3) is 0 Å².